The lowest BCUT2D eigenvalue weighted by Crippen LogP contribution is -2.41. The van der Waals surface area contributed by atoms with Gasteiger partial charge in [-0.15, -0.1) is 12.4 Å². The third kappa shape index (κ3) is 3.59. The Hall–Kier alpha value is -1.04. The molecule has 0 aromatic carbocycles. The van der Waals surface area contributed by atoms with E-state index < -0.39 is 0 Å². The molecule has 5 nitrogen and oxygen atoms in total. The first-order valence-corrected chi connectivity index (χ1v) is 7.47. The Labute approximate surface area is 131 Å². The number of aliphatic hydroxyl groups is 1. The maximum atomic E-state index is 12.3. The van der Waals surface area contributed by atoms with Crippen LogP contribution in [0, 0.1) is 18.8 Å². The number of amides is 1. The zero-order chi connectivity index (χ0) is 14.1. The number of aryl methyl sites for hydroxylation is 1. The highest BCUT2D eigenvalue weighted by Gasteiger charge is 2.42. The SMILES string of the molecule is Cc1[nH]ccc1C(=O)N[C@H]1CN(CCO)C[C@@H]1C1CC1.Cl. The summed E-state index contributed by atoms with van der Waals surface area (Å²) in [6, 6.07) is 2.05. The summed E-state index contributed by atoms with van der Waals surface area (Å²) in [4.78, 5) is 17.6. The lowest BCUT2D eigenvalue weighted by Gasteiger charge is -2.19. The molecule has 1 saturated heterocycles. The Kier molecular flexibility index (Phi) is 5.30. The first kappa shape index (κ1) is 16.3. The van der Waals surface area contributed by atoms with Gasteiger partial charge in [-0.1, -0.05) is 0 Å². The summed E-state index contributed by atoms with van der Waals surface area (Å²) in [6.45, 7) is 4.67. The number of aromatic nitrogens is 1. The number of hydrogen-bond acceptors (Lipinski definition) is 3. The third-order valence-electron chi connectivity index (χ3n) is 4.60. The number of nitrogens with zero attached hydrogens (tertiary/aromatic N) is 1. The van der Waals surface area contributed by atoms with Crippen LogP contribution in [0.2, 0.25) is 0 Å². The van der Waals surface area contributed by atoms with E-state index in [-0.39, 0.29) is 31.0 Å². The second-order valence-corrected chi connectivity index (χ2v) is 6.08. The first-order chi connectivity index (χ1) is 9.69. The van der Waals surface area contributed by atoms with Crippen LogP contribution >= 0.6 is 12.4 Å². The summed E-state index contributed by atoms with van der Waals surface area (Å²) in [6.07, 6.45) is 4.37. The molecule has 0 unspecified atom stereocenters. The number of aromatic amines is 1. The van der Waals surface area contributed by atoms with Gasteiger partial charge in [0.1, 0.15) is 0 Å². The monoisotopic (exact) mass is 313 g/mol. The molecule has 6 heteroatoms. The standard InChI is InChI=1S/C15H23N3O2.ClH/c1-10-12(4-5-16-10)15(20)17-14-9-18(6-7-19)8-13(14)11-2-3-11;/h4-5,11,13-14,16,19H,2-3,6-9H2,1H3,(H,17,20);1H/t13-,14+;/m1./s1. The molecule has 0 spiro atoms. The van der Waals surface area contributed by atoms with Crippen LogP contribution in [0.15, 0.2) is 12.3 Å². The molecule has 3 rings (SSSR count). The van der Waals surface area contributed by atoms with Crippen molar-refractivity contribution in [2.75, 3.05) is 26.2 Å². The van der Waals surface area contributed by atoms with E-state index in [0.29, 0.717) is 12.5 Å². The molecule has 2 aliphatic rings. The number of carbonyl (C=O) groups excluding carboxylic acids is 1. The smallest absolute Gasteiger partial charge is 0.253 e. The number of β-amino-alcohol motifs (C(OH)–C–C–N with tert-alkyl or cyclic N) is 1. The van der Waals surface area contributed by atoms with Gasteiger partial charge in [-0.05, 0) is 37.7 Å². The number of rotatable bonds is 5. The van der Waals surface area contributed by atoms with E-state index in [9.17, 15) is 4.79 Å². The predicted molar refractivity (Wildman–Crippen MR) is 83.8 cm³/mol. The van der Waals surface area contributed by atoms with Crippen molar-refractivity contribution in [2.24, 2.45) is 11.8 Å². The lowest BCUT2D eigenvalue weighted by atomic mass is 9.98. The van der Waals surface area contributed by atoms with Gasteiger partial charge in [-0.2, -0.15) is 0 Å². The van der Waals surface area contributed by atoms with Crippen molar-refractivity contribution in [1.82, 2.24) is 15.2 Å². The normalized spacial score (nSPS) is 25.6. The average molecular weight is 314 g/mol. The minimum atomic E-state index is 0. The predicted octanol–water partition coefficient (Wildman–Crippen LogP) is 1.18. The van der Waals surface area contributed by atoms with E-state index in [1.165, 1.54) is 12.8 Å². The molecule has 2 atom stereocenters. The summed E-state index contributed by atoms with van der Waals surface area (Å²) < 4.78 is 0. The van der Waals surface area contributed by atoms with E-state index >= 15 is 0 Å². The summed E-state index contributed by atoms with van der Waals surface area (Å²) in [7, 11) is 0. The number of likely N-dealkylation sites (tertiary alicyclic amines) is 1. The van der Waals surface area contributed by atoms with Crippen LogP contribution in [-0.4, -0.2) is 53.2 Å². The largest absolute Gasteiger partial charge is 0.395 e. The highest BCUT2D eigenvalue weighted by Crippen LogP contribution is 2.41. The minimum Gasteiger partial charge on any atom is -0.395 e. The Morgan fingerprint density at radius 1 is 1.48 bits per heavy atom. The molecule has 0 bridgehead atoms. The number of H-pyrrole nitrogens is 1. The number of hydrogen-bond donors (Lipinski definition) is 3. The molecule has 3 N–H and O–H groups in total. The molecular weight excluding hydrogens is 290 g/mol. The Morgan fingerprint density at radius 3 is 2.81 bits per heavy atom. The topological polar surface area (TPSA) is 68.4 Å². The van der Waals surface area contributed by atoms with Gasteiger partial charge in [0.25, 0.3) is 5.91 Å². The molecule has 1 saturated carbocycles. The van der Waals surface area contributed by atoms with Crippen LogP contribution in [0.1, 0.15) is 28.9 Å². The van der Waals surface area contributed by atoms with Crippen LogP contribution < -0.4 is 5.32 Å². The second-order valence-electron chi connectivity index (χ2n) is 6.08. The van der Waals surface area contributed by atoms with Crippen molar-refractivity contribution in [1.29, 1.82) is 0 Å². The first-order valence-electron chi connectivity index (χ1n) is 7.47. The molecule has 0 radical (unpaired) electrons. The van der Waals surface area contributed by atoms with Crippen molar-refractivity contribution in [3.63, 3.8) is 0 Å². The number of aliphatic hydroxyl groups excluding tert-OH is 1. The van der Waals surface area contributed by atoms with E-state index in [2.05, 4.69) is 15.2 Å². The molecule has 1 aromatic rings. The molecular formula is C15H24ClN3O2. The van der Waals surface area contributed by atoms with E-state index in [1.807, 2.05) is 13.0 Å². The zero-order valence-electron chi connectivity index (χ0n) is 12.3. The van der Waals surface area contributed by atoms with Gasteiger partial charge < -0.3 is 15.4 Å². The molecule has 21 heavy (non-hydrogen) atoms. The van der Waals surface area contributed by atoms with Crippen LogP contribution in [0.25, 0.3) is 0 Å². The Morgan fingerprint density at radius 2 is 2.24 bits per heavy atom. The van der Waals surface area contributed by atoms with Crippen molar-refractivity contribution < 1.29 is 9.90 Å². The summed E-state index contributed by atoms with van der Waals surface area (Å²) in [5.74, 6) is 1.33. The Balaban J connectivity index is 0.00000161. The third-order valence-corrected chi connectivity index (χ3v) is 4.60. The molecule has 1 aliphatic heterocycles. The Bertz CT molecular complexity index is 487. The molecule has 2 heterocycles. The zero-order valence-corrected chi connectivity index (χ0v) is 13.2. The molecule has 1 amide bonds. The lowest BCUT2D eigenvalue weighted by molar-refractivity contribution is 0.0927. The number of nitrogens with one attached hydrogen (secondary N) is 2. The van der Waals surface area contributed by atoms with Gasteiger partial charge in [0.05, 0.1) is 12.2 Å². The van der Waals surface area contributed by atoms with E-state index in [0.717, 1.165) is 30.3 Å². The average Bonchev–Trinajstić information content (AvgIpc) is 3.05. The van der Waals surface area contributed by atoms with Gasteiger partial charge in [0.2, 0.25) is 0 Å². The minimum absolute atomic E-state index is 0. The van der Waals surface area contributed by atoms with E-state index in [1.54, 1.807) is 6.20 Å². The van der Waals surface area contributed by atoms with Crippen molar-refractivity contribution in [3.05, 3.63) is 23.5 Å². The van der Waals surface area contributed by atoms with Crippen LogP contribution in [0.3, 0.4) is 0 Å². The highest BCUT2D eigenvalue weighted by molar-refractivity contribution is 5.95. The fourth-order valence-corrected chi connectivity index (χ4v) is 3.34. The summed E-state index contributed by atoms with van der Waals surface area (Å²) >= 11 is 0. The molecule has 1 aliphatic carbocycles. The van der Waals surface area contributed by atoms with Gasteiger partial charge in [0.15, 0.2) is 0 Å². The summed E-state index contributed by atoms with van der Waals surface area (Å²) in [5.41, 5.74) is 1.65. The quantitative estimate of drug-likeness (QED) is 0.764. The van der Waals surface area contributed by atoms with Gasteiger partial charge in [-0.3, -0.25) is 9.69 Å². The van der Waals surface area contributed by atoms with Gasteiger partial charge in [-0.25, -0.2) is 0 Å². The summed E-state index contributed by atoms with van der Waals surface area (Å²) in [5, 5.41) is 12.3. The highest BCUT2D eigenvalue weighted by atomic mass is 35.5. The fraction of sp³-hybridized carbons (Fsp3) is 0.667. The molecule has 2 fully saturated rings. The van der Waals surface area contributed by atoms with Crippen LogP contribution in [0.4, 0.5) is 0 Å². The van der Waals surface area contributed by atoms with Crippen molar-refractivity contribution in [3.8, 4) is 0 Å². The van der Waals surface area contributed by atoms with E-state index in [4.69, 9.17) is 5.11 Å². The second kappa shape index (κ2) is 6.81. The maximum absolute atomic E-state index is 12.3. The number of halogens is 1. The molecule has 118 valence electrons. The fourth-order valence-electron chi connectivity index (χ4n) is 3.34. The van der Waals surface area contributed by atoms with Crippen LogP contribution in [0.5, 0.6) is 0 Å². The van der Waals surface area contributed by atoms with Gasteiger partial charge in [0, 0.05) is 37.6 Å². The van der Waals surface area contributed by atoms with Crippen LogP contribution in [-0.2, 0) is 0 Å². The van der Waals surface area contributed by atoms with Crippen molar-refractivity contribution >= 4 is 18.3 Å². The molecule has 1 aromatic heterocycles. The maximum Gasteiger partial charge on any atom is 0.253 e. The van der Waals surface area contributed by atoms with Gasteiger partial charge >= 0.3 is 0 Å². The van der Waals surface area contributed by atoms with Crippen molar-refractivity contribution in [2.45, 2.75) is 25.8 Å². The number of carbonyl (C=O) groups is 1.